The molecule has 0 radical (unpaired) electrons. The first-order chi connectivity index (χ1) is 10.8. The lowest BCUT2D eigenvalue weighted by Gasteiger charge is -2.26. The molecule has 0 aliphatic carbocycles. The van der Waals surface area contributed by atoms with Crippen LogP contribution in [0.4, 0.5) is 0 Å². The quantitative estimate of drug-likeness (QED) is 0.561. The molecule has 1 aliphatic heterocycles. The van der Waals surface area contributed by atoms with Crippen molar-refractivity contribution in [1.29, 1.82) is 0 Å². The van der Waals surface area contributed by atoms with E-state index < -0.39 is 30.2 Å². The van der Waals surface area contributed by atoms with E-state index >= 15 is 0 Å². The lowest BCUT2D eigenvalue weighted by Crippen LogP contribution is -2.51. The molecule has 120 valence electrons. The Morgan fingerprint density at radius 2 is 2.17 bits per heavy atom. The first-order valence-electron chi connectivity index (χ1n) is 6.31. The predicted octanol–water partition coefficient (Wildman–Crippen LogP) is 0.644. The number of aliphatic carboxylic acids is 1. The van der Waals surface area contributed by atoms with Gasteiger partial charge in [0.2, 0.25) is 5.91 Å². The Labute approximate surface area is 149 Å². The van der Waals surface area contributed by atoms with Crippen molar-refractivity contribution in [2.75, 3.05) is 0 Å². The number of carbonyl (C=O) groups is 3. The van der Waals surface area contributed by atoms with Crippen LogP contribution < -0.4 is 10.8 Å². The van der Waals surface area contributed by atoms with Crippen LogP contribution in [0.1, 0.15) is 12.0 Å². The highest BCUT2D eigenvalue weighted by Gasteiger charge is 2.38. The van der Waals surface area contributed by atoms with Gasteiger partial charge in [0.05, 0.1) is 23.3 Å². The van der Waals surface area contributed by atoms with E-state index in [-0.39, 0.29) is 9.23 Å². The van der Waals surface area contributed by atoms with Crippen LogP contribution in [0.15, 0.2) is 33.6 Å². The monoisotopic (exact) mass is 413 g/mol. The number of carboxylic acid groups (broad SMARTS) is 1. The Kier molecular flexibility index (Phi) is 5.55. The summed E-state index contributed by atoms with van der Waals surface area (Å²) in [6.45, 7) is 0. The van der Waals surface area contributed by atoms with Crippen molar-refractivity contribution >= 4 is 68.1 Å². The number of carboxylic acids is 1. The minimum Gasteiger partial charge on any atom is -0.548 e. The average Bonchev–Trinajstić information content (AvgIpc) is 2.71. The van der Waals surface area contributed by atoms with Gasteiger partial charge in [-0.2, -0.15) is 0 Å². The maximum absolute atomic E-state index is 12.4. The van der Waals surface area contributed by atoms with Crippen molar-refractivity contribution in [1.82, 2.24) is 4.90 Å². The Morgan fingerprint density at radius 3 is 2.74 bits per heavy atom. The van der Waals surface area contributed by atoms with Gasteiger partial charge in [-0.05, 0) is 23.8 Å². The van der Waals surface area contributed by atoms with E-state index in [4.69, 9.17) is 18.0 Å². The molecule has 0 aromatic heterocycles. The number of thiocarbonyl (C=S) groups is 1. The highest BCUT2D eigenvalue weighted by molar-refractivity contribution is 9.10. The molecule has 1 heterocycles. The maximum atomic E-state index is 12.4. The summed E-state index contributed by atoms with van der Waals surface area (Å²) in [6, 6.07) is 5.71. The lowest BCUT2D eigenvalue weighted by atomic mass is 10.1. The highest BCUT2D eigenvalue weighted by atomic mass is 79.9. The molecule has 2 rings (SSSR count). The Balaban J connectivity index is 2.32. The number of amides is 2. The normalized spacial score (nSPS) is 17.6. The molecule has 6 nitrogen and oxygen atoms in total. The van der Waals surface area contributed by atoms with Gasteiger partial charge in [-0.1, -0.05) is 52.0 Å². The summed E-state index contributed by atoms with van der Waals surface area (Å²) in [5.74, 6) is -3.02. The van der Waals surface area contributed by atoms with E-state index in [1.54, 1.807) is 24.3 Å². The van der Waals surface area contributed by atoms with E-state index in [1.807, 2.05) is 6.07 Å². The maximum Gasteiger partial charge on any atom is 0.266 e. The first-order valence-corrected chi connectivity index (χ1v) is 8.33. The molecule has 1 fully saturated rings. The van der Waals surface area contributed by atoms with Crippen LogP contribution in [0.5, 0.6) is 0 Å². The fourth-order valence-corrected chi connectivity index (χ4v) is 3.74. The number of benzene rings is 1. The zero-order valence-electron chi connectivity index (χ0n) is 11.5. The summed E-state index contributed by atoms with van der Waals surface area (Å²) in [7, 11) is 0. The SMILES string of the molecule is NC(=O)CC(C(=O)[O-])N1C(=O)/C(=C/c2cccc(Br)c2)SC1=S. The molecule has 1 unspecified atom stereocenters. The van der Waals surface area contributed by atoms with E-state index in [0.717, 1.165) is 26.7 Å². The van der Waals surface area contributed by atoms with Gasteiger partial charge in [-0.3, -0.25) is 14.5 Å². The van der Waals surface area contributed by atoms with Crippen LogP contribution in [-0.2, 0) is 14.4 Å². The largest absolute Gasteiger partial charge is 0.548 e. The van der Waals surface area contributed by atoms with Crippen LogP contribution >= 0.6 is 39.9 Å². The number of rotatable bonds is 5. The molecule has 1 saturated heterocycles. The summed E-state index contributed by atoms with van der Waals surface area (Å²) in [5.41, 5.74) is 5.78. The Morgan fingerprint density at radius 1 is 1.48 bits per heavy atom. The number of halogens is 1. The minimum atomic E-state index is -1.58. The minimum absolute atomic E-state index is 0.0479. The summed E-state index contributed by atoms with van der Waals surface area (Å²) >= 11 is 9.35. The number of hydrogen-bond donors (Lipinski definition) is 1. The second-order valence-corrected chi connectivity index (χ2v) is 7.20. The van der Waals surface area contributed by atoms with Crippen LogP contribution in [0.25, 0.3) is 6.08 Å². The van der Waals surface area contributed by atoms with Gasteiger partial charge in [0.15, 0.2) is 0 Å². The number of primary amides is 1. The van der Waals surface area contributed by atoms with Crippen LogP contribution in [0, 0.1) is 0 Å². The molecule has 1 aromatic carbocycles. The third kappa shape index (κ3) is 4.18. The zero-order chi connectivity index (χ0) is 17.1. The molecule has 9 heteroatoms. The molecule has 2 N–H and O–H groups in total. The number of thioether (sulfide) groups is 1. The van der Waals surface area contributed by atoms with Gasteiger partial charge in [0.1, 0.15) is 4.32 Å². The lowest BCUT2D eigenvalue weighted by molar-refractivity contribution is -0.310. The standard InChI is InChI=1S/C14H11BrN2O4S2/c15-8-3-1-2-7(4-8)5-10-12(19)17(14(22)23-10)9(13(20)21)6-11(16)18/h1-5,9H,6H2,(H2,16,18)(H,20,21)/p-1/b10-5-. The molecule has 2 amide bonds. The summed E-state index contributed by atoms with van der Waals surface area (Å²) < 4.78 is 0.884. The number of hydrogen-bond acceptors (Lipinski definition) is 6. The molecule has 0 bridgehead atoms. The van der Waals surface area contributed by atoms with Gasteiger partial charge in [0.25, 0.3) is 5.91 Å². The zero-order valence-corrected chi connectivity index (χ0v) is 14.7. The second kappa shape index (κ2) is 7.24. The third-order valence-corrected chi connectivity index (χ3v) is 4.77. The smallest absolute Gasteiger partial charge is 0.266 e. The molecule has 0 saturated carbocycles. The Hall–Kier alpha value is -1.71. The molecule has 23 heavy (non-hydrogen) atoms. The van der Waals surface area contributed by atoms with Crippen molar-refractivity contribution in [3.05, 3.63) is 39.2 Å². The van der Waals surface area contributed by atoms with Crippen LogP contribution in [0.2, 0.25) is 0 Å². The number of carbonyl (C=O) groups excluding carboxylic acids is 3. The average molecular weight is 414 g/mol. The van der Waals surface area contributed by atoms with Crippen LogP contribution in [0.3, 0.4) is 0 Å². The molecule has 1 aromatic rings. The van der Waals surface area contributed by atoms with Gasteiger partial charge in [-0.15, -0.1) is 0 Å². The molecule has 0 spiro atoms. The summed E-state index contributed by atoms with van der Waals surface area (Å²) in [4.78, 5) is 35.8. The first kappa shape index (κ1) is 17.6. The highest BCUT2D eigenvalue weighted by Crippen LogP contribution is 2.34. The van der Waals surface area contributed by atoms with Gasteiger partial charge < -0.3 is 15.6 Å². The van der Waals surface area contributed by atoms with Crippen molar-refractivity contribution < 1.29 is 19.5 Å². The van der Waals surface area contributed by atoms with Gasteiger partial charge in [0, 0.05) is 4.47 Å². The van der Waals surface area contributed by atoms with Crippen molar-refractivity contribution in [2.24, 2.45) is 5.73 Å². The van der Waals surface area contributed by atoms with E-state index in [2.05, 4.69) is 15.9 Å². The van der Waals surface area contributed by atoms with Crippen LogP contribution in [-0.4, -0.2) is 33.0 Å². The van der Waals surface area contributed by atoms with Crippen molar-refractivity contribution in [3.63, 3.8) is 0 Å². The van der Waals surface area contributed by atoms with Gasteiger partial charge in [-0.25, -0.2) is 0 Å². The second-order valence-electron chi connectivity index (χ2n) is 4.61. The Bertz CT molecular complexity index is 735. The number of nitrogens with zero attached hydrogens (tertiary/aromatic N) is 1. The topological polar surface area (TPSA) is 104 Å². The molecular weight excluding hydrogens is 404 g/mol. The summed E-state index contributed by atoms with van der Waals surface area (Å²) in [5, 5.41) is 11.2. The number of nitrogens with two attached hydrogens (primary N) is 1. The fraction of sp³-hybridized carbons (Fsp3) is 0.143. The molecular formula is C14H10BrN2O4S2-. The van der Waals surface area contributed by atoms with E-state index in [0.29, 0.717) is 0 Å². The third-order valence-electron chi connectivity index (χ3n) is 2.95. The van der Waals surface area contributed by atoms with E-state index in [9.17, 15) is 19.5 Å². The molecule has 1 aliphatic rings. The van der Waals surface area contributed by atoms with Crippen molar-refractivity contribution in [2.45, 2.75) is 12.5 Å². The predicted molar refractivity (Wildman–Crippen MR) is 91.8 cm³/mol. The van der Waals surface area contributed by atoms with Crippen molar-refractivity contribution in [3.8, 4) is 0 Å². The van der Waals surface area contributed by atoms with E-state index in [1.165, 1.54) is 0 Å². The fourth-order valence-electron chi connectivity index (χ4n) is 1.97. The summed E-state index contributed by atoms with van der Waals surface area (Å²) in [6.07, 6.45) is 1.04. The molecule has 1 atom stereocenters. The van der Waals surface area contributed by atoms with Gasteiger partial charge >= 0.3 is 0 Å².